The zero-order valence-corrected chi connectivity index (χ0v) is 15.7. The molecule has 3 atom stereocenters. The van der Waals surface area contributed by atoms with Crippen LogP contribution in [0, 0.1) is 0 Å². The molecule has 24 heavy (non-hydrogen) atoms. The summed E-state index contributed by atoms with van der Waals surface area (Å²) in [6.07, 6.45) is 1.76. The zero-order valence-electron chi connectivity index (χ0n) is 15.7. The highest BCUT2D eigenvalue weighted by atomic mass is 16.6. The van der Waals surface area contributed by atoms with E-state index in [1.807, 2.05) is 25.7 Å². The molecule has 1 aliphatic rings. The van der Waals surface area contributed by atoms with Gasteiger partial charge >= 0.3 is 6.09 Å². The number of piperidine rings is 1. The molecule has 0 radical (unpaired) electrons. The molecule has 1 N–H and O–H groups in total. The lowest BCUT2D eigenvalue weighted by Crippen LogP contribution is -2.51. The van der Waals surface area contributed by atoms with Gasteiger partial charge in [-0.25, -0.2) is 4.79 Å². The van der Waals surface area contributed by atoms with Crippen molar-refractivity contribution in [1.82, 2.24) is 10.2 Å². The first-order chi connectivity index (χ1) is 11.3. The highest BCUT2D eigenvalue weighted by molar-refractivity contribution is 5.68. The van der Waals surface area contributed by atoms with E-state index in [2.05, 4.69) is 49.5 Å². The molecule has 0 aromatic heterocycles. The molecule has 4 heteroatoms. The first-order valence-corrected chi connectivity index (χ1v) is 9.04. The van der Waals surface area contributed by atoms with Gasteiger partial charge < -0.3 is 15.0 Å². The van der Waals surface area contributed by atoms with Crippen LogP contribution < -0.4 is 5.32 Å². The van der Waals surface area contributed by atoms with Gasteiger partial charge in [-0.3, -0.25) is 0 Å². The molecule has 134 valence electrons. The van der Waals surface area contributed by atoms with Gasteiger partial charge in [0.15, 0.2) is 0 Å². The van der Waals surface area contributed by atoms with E-state index in [0.717, 1.165) is 25.9 Å². The molecule has 0 bridgehead atoms. The number of ether oxygens (including phenoxy) is 1. The van der Waals surface area contributed by atoms with Gasteiger partial charge in [0.05, 0.1) is 0 Å². The Balaban J connectivity index is 1.80. The summed E-state index contributed by atoms with van der Waals surface area (Å²) in [4.78, 5) is 14.1. The van der Waals surface area contributed by atoms with E-state index in [1.165, 1.54) is 5.56 Å². The number of carbonyl (C=O) groups excluding carboxylic acids is 1. The minimum Gasteiger partial charge on any atom is -0.444 e. The van der Waals surface area contributed by atoms with Crippen molar-refractivity contribution in [2.75, 3.05) is 13.1 Å². The zero-order chi connectivity index (χ0) is 17.7. The second kappa shape index (κ2) is 8.02. The van der Waals surface area contributed by atoms with Crippen LogP contribution in [0.2, 0.25) is 0 Å². The quantitative estimate of drug-likeness (QED) is 0.900. The number of hydrogen-bond acceptors (Lipinski definition) is 3. The Morgan fingerprint density at radius 2 is 2.00 bits per heavy atom. The van der Waals surface area contributed by atoms with Crippen LogP contribution in [0.5, 0.6) is 0 Å². The Labute approximate surface area is 146 Å². The largest absolute Gasteiger partial charge is 0.444 e. The summed E-state index contributed by atoms with van der Waals surface area (Å²) >= 11 is 0. The van der Waals surface area contributed by atoms with Crippen LogP contribution in [-0.2, 0) is 4.74 Å². The lowest BCUT2D eigenvalue weighted by atomic mass is 9.96. The van der Waals surface area contributed by atoms with Gasteiger partial charge in [0.1, 0.15) is 5.60 Å². The summed E-state index contributed by atoms with van der Waals surface area (Å²) in [5.41, 5.74) is 0.932. The van der Waals surface area contributed by atoms with Crippen LogP contribution in [0.3, 0.4) is 0 Å². The summed E-state index contributed by atoms with van der Waals surface area (Å²) in [6.45, 7) is 11.8. The molecule has 1 aromatic carbocycles. The summed E-state index contributed by atoms with van der Waals surface area (Å²) in [5.74, 6) is 0.491. The summed E-state index contributed by atoms with van der Waals surface area (Å²) in [5, 5.41) is 3.68. The number of amides is 1. The molecule has 3 unspecified atom stereocenters. The molecule has 0 spiro atoms. The second-order valence-corrected chi connectivity index (χ2v) is 7.96. The van der Waals surface area contributed by atoms with Crippen molar-refractivity contribution in [3.05, 3.63) is 35.9 Å². The van der Waals surface area contributed by atoms with E-state index in [4.69, 9.17) is 4.74 Å². The third kappa shape index (κ3) is 5.52. The van der Waals surface area contributed by atoms with Gasteiger partial charge in [-0.2, -0.15) is 0 Å². The predicted octanol–water partition coefficient (Wildman–Crippen LogP) is 4.17. The Hall–Kier alpha value is -1.55. The lowest BCUT2D eigenvalue weighted by molar-refractivity contribution is 0.00936. The average molecular weight is 332 g/mol. The number of rotatable bonds is 4. The van der Waals surface area contributed by atoms with Gasteiger partial charge in [0, 0.05) is 25.2 Å². The Morgan fingerprint density at radius 3 is 2.58 bits per heavy atom. The molecular weight excluding hydrogens is 300 g/mol. The maximum Gasteiger partial charge on any atom is 0.410 e. The van der Waals surface area contributed by atoms with E-state index in [-0.39, 0.29) is 12.1 Å². The maximum atomic E-state index is 12.3. The Bertz CT molecular complexity index is 524. The molecule has 0 aliphatic carbocycles. The van der Waals surface area contributed by atoms with Gasteiger partial charge in [0.25, 0.3) is 0 Å². The van der Waals surface area contributed by atoms with Crippen molar-refractivity contribution >= 4 is 6.09 Å². The summed E-state index contributed by atoms with van der Waals surface area (Å²) in [6, 6.07) is 11.3. The first-order valence-electron chi connectivity index (χ1n) is 9.04. The third-order valence-electron chi connectivity index (χ3n) is 4.59. The first kappa shape index (κ1) is 18.8. The molecule has 0 saturated carbocycles. The van der Waals surface area contributed by atoms with Crippen molar-refractivity contribution in [1.29, 1.82) is 0 Å². The van der Waals surface area contributed by atoms with Gasteiger partial charge in [-0.15, -0.1) is 0 Å². The Morgan fingerprint density at radius 1 is 1.33 bits per heavy atom. The fourth-order valence-corrected chi connectivity index (χ4v) is 3.19. The van der Waals surface area contributed by atoms with Gasteiger partial charge in [0.2, 0.25) is 0 Å². The average Bonchev–Trinajstić information content (AvgIpc) is 2.51. The highest BCUT2D eigenvalue weighted by Crippen LogP contribution is 2.21. The van der Waals surface area contributed by atoms with Crippen molar-refractivity contribution < 1.29 is 9.53 Å². The Kier molecular flexibility index (Phi) is 6.27. The molecule has 2 rings (SSSR count). The van der Waals surface area contributed by atoms with Crippen molar-refractivity contribution in [3.63, 3.8) is 0 Å². The molecular formula is C20H32N2O2. The number of nitrogens with zero attached hydrogens (tertiary/aromatic N) is 1. The van der Waals surface area contributed by atoms with Crippen LogP contribution in [0.1, 0.15) is 58.9 Å². The van der Waals surface area contributed by atoms with Gasteiger partial charge in [-0.1, -0.05) is 37.3 Å². The highest BCUT2D eigenvalue weighted by Gasteiger charge is 2.31. The van der Waals surface area contributed by atoms with E-state index < -0.39 is 5.60 Å². The molecule has 1 amide bonds. The van der Waals surface area contributed by atoms with Gasteiger partial charge in [-0.05, 0) is 52.0 Å². The minimum absolute atomic E-state index is 0.189. The van der Waals surface area contributed by atoms with E-state index in [1.54, 1.807) is 0 Å². The molecule has 1 aromatic rings. The number of benzene rings is 1. The molecule has 1 saturated heterocycles. The smallest absolute Gasteiger partial charge is 0.410 e. The molecule has 4 nitrogen and oxygen atoms in total. The summed E-state index contributed by atoms with van der Waals surface area (Å²) < 4.78 is 5.51. The van der Waals surface area contributed by atoms with Crippen LogP contribution in [0.15, 0.2) is 30.3 Å². The number of likely N-dealkylation sites (tertiary alicyclic amines) is 1. The van der Waals surface area contributed by atoms with Crippen LogP contribution >= 0.6 is 0 Å². The molecule has 1 aliphatic heterocycles. The lowest BCUT2D eigenvalue weighted by Gasteiger charge is -2.39. The fourth-order valence-electron chi connectivity index (χ4n) is 3.19. The SMILES string of the molecule is CC(CNC1CCN(C(=O)OC(C)(C)C)C(C)C1)c1ccccc1. The number of carbonyl (C=O) groups is 1. The number of hydrogen-bond donors (Lipinski definition) is 1. The standard InChI is InChI=1S/C20H32N2O2/c1-15(17-9-7-6-8-10-17)14-21-18-11-12-22(16(2)13-18)19(23)24-20(3,4)5/h6-10,15-16,18,21H,11-14H2,1-5H3. The monoisotopic (exact) mass is 332 g/mol. The van der Waals surface area contributed by atoms with Crippen LogP contribution in [-0.4, -0.2) is 41.8 Å². The summed E-state index contributed by atoms with van der Waals surface area (Å²) in [7, 11) is 0. The minimum atomic E-state index is -0.434. The van der Waals surface area contributed by atoms with Crippen LogP contribution in [0.25, 0.3) is 0 Å². The third-order valence-corrected chi connectivity index (χ3v) is 4.59. The van der Waals surface area contributed by atoms with E-state index in [0.29, 0.717) is 12.0 Å². The maximum absolute atomic E-state index is 12.3. The normalized spacial score (nSPS) is 23.0. The predicted molar refractivity (Wildman–Crippen MR) is 98.3 cm³/mol. The topological polar surface area (TPSA) is 41.6 Å². The van der Waals surface area contributed by atoms with E-state index in [9.17, 15) is 4.79 Å². The van der Waals surface area contributed by atoms with Crippen molar-refractivity contribution in [3.8, 4) is 0 Å². The van der Waals surface area contributed by atoms with E-state index >= 15 is 0 Å². The van der Waals surface area contributed by atoms with Crippen LogP contribution in [0.4, 0.5) is 4.79 Å². The number of nitrogens with one attached hydrogen (secondary N) is 1. The van der Waals surface area contributed by atoms with Crippen molar-refractivity contribution in [2.24, 2.45) is 0 Å². The fraction of sp³-hybridized carbons (Fsp3) is 0.650. The molecule has 1 fully saturated rings. The second-order valence-electron chi connectivity index (χ2n) is 7.96. The van der Waals surface area contributed by atoms with Crippen molar-refractivity contribution in [2.45, 2.75) is 71.1 Å². The molecule has 1 heterocycles.